The highest BCUT2D eigenvalue weighted by molar-refractivity contribution is 6.08. The van der Waals surface area contributed by atoms with Crippen LogP contribution in [-0.4, -0.2) is 42.3 Å². The number of halogens is 2. The molecule has 3 aliphatic rings. The van der Waals surface area contributed by atoms with Crippen molar-refractivity contribution in [3.05, 3.63) is 54.1 Å². The Morgan fingerprint density at radius 1 is 1.00 bits per heavy atom. The molecule has 0 atom stereocenters. The summed E-state index contributed by atoms with van der Waals surface area (Å²) in [6, 6.07) is 15.0. The van der Waals surface area contributed by atoms with Gasteiger partial charge >= 0.3 is 0 Å². The van der Waals surface area contributed by atoms with E-state index in [0.717, 1.165) is 24.8 Å². The lowest BCUT2D eigenvalue weighted by Gasteiger charge is -2.41. The van der Waals surface area contributed by atoms with Gasteiger partial charge < -0.3 is 15.0 Å². The molecule has 6 heteroatoms. The van der Waals surface area contributed by atoms with E-state index >= 15 is 0 Å². The predicted octanol–water partition coefficient (Wildman–Crippen LogP) is 4.63. The van der Waals surface area contributed by atoms with Crippen molar-refractivity contribution in [1.29, 1.82) is 0 Å². The molecule has 1 aromatic heterocycles. The zero-order valence-corrected chi connectivity index (χ0v) is 18.2. The van der Waals surface area contributed by atoms with Crippen molar-refractivity contribution in [2.24, 2.45) is 11.7 Å². The van der Waals surface area contributed by atoms with Gasteiger partial charge in [-0.05, 0) is 56.1 Å². The maximum atomic E-state index is 6.11. The molecule has 6 rings (SSSR count). The van der Waals surface area contributed by atoms with Crippen LogP contribution < -0.4 is 10.5 Å². The van der Waals surface area contributed by atoms with Crippen molar-refractivity contribution in [3.8, 4) is 5.75 Å². The summed E-state index contributed by atoms with van der Waals surface area (Å²) in [6.07, 6.45) is 4.95. The number of hydrogen-bond donors (Lipinski definition) is 1. The summed E-state index contributed by atoms with van der Waals surface area (Å²) in [6.45, 7) is 5.77. The molecule has 156 valence electrons. The van der Waals surface area contributed by atoms with Crippen LogP contribution in [0.2, 0.25) is 0 Å². The van der Waals surface area contributed by atoms with Crippen molar-refractivity contribution in [2.45, 2.75) is 19.4 Å². The topological polar surface area (TPSA) is 43.4 Å². The molecule has 0 unspecified atom stereocenters. The summed E-state index contributed by atoms with van der Waals surface area (Å²) in [7, 11) is 0. The summed E-state index contributed by atoms with van der Waals surface area (Å²) in [5.41, 5.74) is 9.89. The second kappa shape index (κ2) is 9.40. The first-order chi connectivity index (χ1) is 13.3. The van der Waals surface area contributed by atoms with Crippen LogP contribution in [0.15, 0.2) is 54.1 Å². The monoisotopic (exact) mass is 433 g/mol. The third-order valence-corrected chi connectivity index (χ3v) is 6.21. The molecule has 3 fully saturated rings. The number of para-hydroxylation sites is 1. The minimum Gasteiger partial charge on any atom is -0.489 e. The van der Waals surface area contributed by atoms with E-state index in [9.17, 15) is 0 Å². The van der Waals surface area contributed by atoms with Crippen LogP contribution >= 0.6 is 24.8 Å². The first kappa shape index (κ1) is 22.0. The van der Waals surface area contributed by atoms with Gasteiger partial charge in [0.25, 0.3) is 0 Å². The Balaban J connectivity index is 0.00000120. The summed E-state index contributed by atoms with van der Waals surface area (Å²) in [5.74, 6) is 1.72. The molecule has 4 heterocycles. The predicted molar refractivity (Wildman–Crippen MR) is 126 cm³/mol. The fraction of sp³-hybridized carbons (Fsp3) is 0.391. The van der Waals surface area contributed by atoms with Crippen LogP contribution in [0.25, 0.3) is 21.8 Å². The van der Waals surface area contributed by atoms with Gasteiger partial charge in [-0.15, -0.1) is 24.8 Å². The van der Waals surface area contributed by atoms with E-state index in [1.54, 1.807) is 5.57 Å². The minimum atomic E-state index is 0. The Hall–Kier alpha value is -1.72. The lowest BCUT2D eigenvalue weighted by Crippen LogP contribution is -2.43. The second-order valence-electron chi connectivity index (χ2n) is 7.78. The number of benzene rings is 2. The molecule has 0 radical (unpaired) electrons. The Bertz CT molecular complexity index is 1010. The van der Waals surface area contributed by atoms with E-state index in [-0.39, 0.29) is 24.8 Å². The molecular formula is C23H29Cl2N3O. The first-order valence-electron chi connectivity index (χ1n) is 10.1. The van der Waals surface area contributed by atoms with E-state index in [1.807, 2.05) is 0 Å². The molecule has 29 heavy (non-hydrogen) atoms. The van der Waals surface area contributed by atoms with Crippen LogP contribution in [0, 0.1) is 5.92 Å². The van der Waals surface area contributed by atoms with Gasteiger partial charge in [0.05, 0.1) is 5.52 Å². The first-order valence-corrected chi connectivity index (χ1v) is 10.1. The van der Waals surface area contributed by atoms with Gasteiger partial charge in [0.2, 0.25) is 0 Å². The number of hydrogen-bond acceptors (Lipinski definition) is 3. The highest BCUT2D eigenvalue weighted by Crippen LogP contribution is 2.33. The van der Waals surface area contributed by atoms with Crippen molar-refractivity contribution < 1.29 is 4.74 Å². The van der Waals surface area contributed by atoms with Crippen molar-refractivity contribution >= 4 is 46.6 Å². The molecule has 0 amide bonds. The lowest BCUT2D eigenvalue weighted by molar-refractivity contribution is 0.160. The van der Waals surface area contributed by atoms with Crippen molar-refractivity contribution in [1.82, 2.24) is 9.47 Å². The van der Waals surface area contributed by atoms with E-state index in [1.165, 1.54) is 47.7 Å². The summed E-state index contributed by atoms with van der Waals surface area (Å²) < 4.78 is 8.42. The number of piperidine rings is 3. The van der Waals surface area contributed by atoms with E-state index < -0.39 is 0 Å². The number of ether oxygens (including phenoxy) is 1. The van der Waals surface area contributed by atoms with Crippen LogP contribution in [0.5, 0.6) is 5.75 Å². The molecule has 3 aromatic rings. The van der Waals surface area contributed by atoms with E-state index in [0.29, 0.717) is 13.2 Å². The molecule has 2 N–H and O–H groups in total. The highest BCUT2D eigenvalue weighted by atomic mass is 35.5. The molecule has 2 aromatic carbocycles. The molecule has 2 bridgehead atoms. The maximum absolute atomic E-state index is 6.11. The SMILES string of the molecule is Cl.Cl.NCCn1c2ccccc2c2ccc(OC/C=C3\CN4CCC3CC4)cc21. The lowest BCUT2D eigenvalue weighted by atomic mass is 9.84. The normalized spacial score (nSPS) is 21.9. The smallest absolute Gasteiger partial charge is 0.121 e. The van der Waals surface area contributed by atoms with Crippen molar-refractivity contribution in [3.63, 3.8) is 0 Å². The zero-order valence-electron chi connectivity index (χ0n) is 16.5. The van der Waals surface area contributed by atoms with E-state index in [2.05, 4.69) is 58.0 Å². The van der Waals surface area contributed by atoms with E-state index in [4.69, 9.17) is 10.5 Å². The third kappa shape index (κ3) is 4.13. The van der Waals surface area contributed by atoms with Crippen LogP contribution in [0.3, 0.4) is 0 Å². The number of nitrogens with two attached hydrogens (primary N) is 1. The van der Waals surface area contributed by atoms with Crippen molar-refractivity contribution in [2.75, 3.05) is 32.8 Å². The van der Waals surface area contributed by atoms with Gasteiger partial charge in [-0.1, -0.05) is 23.8 Å². The second-order valence-corrected chi connectivity index (χ2v) is 7.78. The van der Waals surface area contributed by atoms with Crippen LogP contribution in [0.4, 0.5) is 0 Å². The van der Waals surface area contributed by atoms with Gasteiger partial charge in [-0.25, -0.2) is 0 Å². The largest absolute Gasteiger partial charge is 0.489 e. The molecule has 3 saturated heterocycles. The number of rotatable bonds is 5. The summed E-state index contributed by atoms with van der Waals surface area (Å²) >= 11 is 0. The van der Waals surface area contributed by atoms with Gasteiger partial charge in [-0.2, -0.15) is 0 Å². The highest BCUT2D eigenvalue weighted by Gasteiger charge is 2.28. The fourth-order valence-electron chi connectivity index (χ4n) is 4.81. The molecule has 0 saturated carbocycles. The average molecular weight is 434 g/mol. The van der Waals surface area contributed by atoms with Gasteiger partial charge in [0.15, 0.2) is 0 Å². The molecule has 4 nitrogen and oxygen atoms in total. The van der Waals surface area contributed by atoms with Gasteiger partial charge in [0.1, 0.15) is 12.4 Å². The molecule has 0 aliphatic carbocycles. The molecule has 3 aliphatic heterocycles. The maximum Gasteiger partial charge on any atom is 0.121 e. The average Bonchev–Trinajstić information content (AvgIpc) is 3.03. The number of aromatic nitrogens is 1. The van der Waals surface area contributed by atoms with Gasteiger partial charge in [0, 0.05) is 42.0 Å². The minimum absolute atomic E-state index is 0. The Labute approximate surface area is 184 Å². The summed E-state index contributed by atoms with van der Waals surface area (Å²) in [5, 5.41) is 2.55. The Morgan fingerprint density at radius 2 is 1.76 bits per heavy atom. The Kier molecular flexibility index (Phi) is 7.12. The molecule has 0 spiro atoms. The summed E-state index contributed by atoms with van der Waals surface area (Å²) in [4.78, 5) is 2.56. The third-order valence-electron chi connectivity index (χ3n) is 6.21. The zero-order chi connectivity index (χ0) is 18.2. The van der Waals surface area contributed by atoms with Gasteiger partial charge in [-0.3, -0.25) is 4.90 Å². The quantitative estimate of drug-likeness (QED) is 0.596. The van der Waals surface area contributed by atoms with Crippen LogP contribution in [0.1, 0.15) is 12.8 Å². The Morgan fingerprint density at radius 3 is 2.48 bits per heavy atom. The standard InChI is InChI=1S/C23H27N3O.2ClH/c24-10-13-26-22-4-2-1-3-20(22)21-6-5-19(15-23(21)26)27-14-9-18-16-25-11-7-17(18)8-12-25;;/h1-6,9,15,17H,7-8,10-14,16,24H2;2*1H/b18-9+;;. The number of nitrogens with zero attached hydrogens (tertiary/aromatic N) is 2. The fourth-order valence-corrected chi connectivity index (χ4v) is 4.81. The van der Waals surface area contributed by atoms with Crippen LogP contribution in [-0.2, 0) is 6.54 Å². The number of fused-ring (bicyclic) bond motifs is 6. The molecular weight excluding hydrogens is 405 g/mol.